The Labute approximate surface area is 123 Å². The molecule has 0 unspecified atom stereocenters. The van der Waals surface area contributed by atoms with Crippen LogP contribution in [-0.4, -0.2) is 30.6 Å². The quantitative estimate of drug-likeness (QED) is 0.773. The number of anilines is 1. The number of nitrogens with one attached hydrogen (secondary N) is 2. The number of aromatic nitrogens is 2. The van der Waals surface area contributed by atoms with Gasteiger partial charge in [0, 0.05) is 13.0 Å². The van der Waals surface area contributed by atoms with Gasteiger partial charge in [-0.15, -0.1) is 10.2 Å². The highest BCUT2D eigenvalue weighted by Gasteiger charge is 2.27. The van der Waals surface area contributed by atoms with E-state index >= 15 is 0 Å². The molecule has 7 nitrogen and oxygen atoms in total. The third-order valence-electron chi connectivity index (χ3n) is 2.65. The van der Waals surface area contributed by atoms with Crippen molar-refractivity contribution in [3.8, 4) is 0 Å². The molecule has 114 valence electrons. The normalized spacial score (nSPS) is 12.4. The predicted molar refractivity (Wildman–Crippen MR) is 78.0 cm³/mol. The van der Waals surface area contributed by atoms with Crippen molar-refractivity contribution in [1.82, 2.24) is 14.9 Å². The van der Waals surface area contributed by atoms with Gasteiger partial charge >= 0.3 is 0 Å². The predicted octanol–water partition coefficient (Wildman–Crippen LogP) is 1.46. The Morgan fingerprint density at radius 3 is 2.15 bits per heavy atom. The summed E-state index contributed by atoms with van der Waals surface area (Å²) in [5.41, 5.74) is 0. The minimum Gasteiger partial charge on any atom is -0.301 e. The van der Waals surface area contributed by atoms with Gasteiger partial charge in [-0.25, -0.2) is 13.1 Å². The van der Waals surface area contributed by atoms with E-state index in [0.717, 1.165) is 11.3 Å². The average molecular weight is 320 g/mol. The maximum absolute atomic E-state index is 12.2. The number of hydrogen-bond acceptors (Lipinski definition) is 6. The molecule has 1 amide bonds. The number of hydrogen-bond donors (Lipinski definition) is 2. The summed E-state index contributed by atoms with van der Waals surface area (Å²) in [5, 5.41) is 9.83. The molecule has 2 N–H and O–H groups in total. The summed E-state index contributed by atoms with van der Waals surface area (Å²) in [5.74, 6) is 0.000294. The molecule has 0 spiro atoms. The van der Waals surface area contributed by atoms with Crippen molar-refractivity contribution >= 4 is 32.4 Å². The topological polar surface area (TPSA) is 101 Å². The lowest BCUT2D eigenvalue weighted by atomic mass is 9.94. The summed E-state index contributed by atoms with van der Waals surface area (Å²) < 4.78 is 27.0. The Morgan fingerprint density at radius 2 is 1.70 bits per heavy atom. The lowest BCUT2D eigenvalue weighted by Gasteiger charge is -2.24. The van der Waals surface area contributed by atoms with E-state index in [4.69, 9.17) is 0 Å². The van der Waals surface area contributed by atoms with Gasteiger partial charge in [-0.05, 0) is 11.8 Å². The van der Waals surface area contributed by atoms with Crippen LogP contribution >= 0.6 is 11.3 Å². The number of carbonyl (C=O) groups excluding carboxylic acids is 1. The van der Waals surface area contributed by atoms with Gasteiger partial charge in [0.1, 0.15) is 0 Å². The molecule has 0 aliphatic rings. The Morgan fingerprint density at radius 1 is 1.15 bits per heavy atom. The van der Waals surface area contributed by atoms with Crippen molar-refractivity contribution < 1.29 is 13.2 Å². The zero-order valence-electron chi connectivity index (χ0n) is 12.2. The van der Waals surface area contributed by atoms with Crippen LogP contribution < -0.4 is 10.0 Å². The van der Waals surface area contributed by atoms with Gasteiger partial charge in [0.05, 0.1) is 0 Å². The van der Waals surface area contributed by atoms with E-state index in [0.29, 0.717) is 0 Å². The fourth-order valence-corrected chi connectivity index (χ4v) is 4.29. The van der Waals surface area contributed by atoms with E-state index in [1.165, 1.54) is 6.92 Å². The lowest BCUT2D eigenvalue weighted by molar-refractivity contribution is -0.114. The van der Waals surface area contributed by atoms with Crippen LogP contribution in [-0.2, 0) is 14.8 Å². The second-order valence-electron chi connectivity index (χ2n) is 5.19. The van der Waals surface area contributed by atoms with Gasteiger partial charge in [-0.1, -0.05) is 39.0 Å². The third kappa shape index (κ3) is 4.50. The molecule has 0 bridgehead atoms. The van der Waals surface area contributed by atoms with Crippen LogP contribution in [0.3, 0.4) is 0 Å². The van der Waals surface area contributed by atoms with Gasteiger partial charge < -0.3 is 5.32 Å². The Kier molecular flexibility index (Phi) is 5.60. The maximum Gasteiger partial charge on any atom is 0.270 e. The molecule has 0 radical (unpaired) electrons. The number of sulfonamides is 1. The van der Waals surface area contributed by atoms with Crippen LogP contribution in [0.5, 0.6) is 0 Å². The molecule has 0 atom stereocenters. The zero-order chi connectivity index (χ0) is 15.5. The molecule has 0 aliphatic heterocycles. The van der Waals surface area contributed by atoms with Crippen LogP contribution in [0.15, 0.2) is 4.34 Å². The summed E-state index contributed by atoms with van der Waals surface area (Å²) in [4.78, 5) is 10.9. The minimum atomic E-state index is -3.72. The second-order valence-corrected chi connectivity index (χ2v) is 8.05. The number of carbonyl (C=O) groups is 1. The van der Waals surface area contributed by atoms with Crippen molar-refractivity contribution in [2.75, 3.05) is 5.32 Å². The molecule has 9 heteroatoms. The molecular formula is C11H20N4O3S2. The summed E-state index contributed by atoms with van der Waals surface area (Å²) in [6.45, 7) is 9.14. The van der Waals surface area contributed by atoms with E-state index in [1.807, 2.05) is 27.7 Å². The summed E-state index contributed by atoms with van der Waals surface area (Å²) >= 11 is 0.829. The monoisotopic (exact) mass is 320 g/mol. The number of nitrogens with zero attached hydrogens (tertiary/aromatic N) is 2. The highest BCUT2D eigenvalue weighted by molar-refractivity contribution is 7.91. The van der Waals surface area contributed by atoms with Crippen LogP contribution in [0.1, 0.15) is 34.6 Å². The molecule has 0 fully saturated rings. The van der Waals surface area contributed by atoms with E-state index in [9.17, 15) is 13.2 Å². The smallest absolute Gasteiger partial charge is 0.270 e. The van der Waals surface area contributed by atoms with Crippen LogP contribution in [0.4, 0.5) is 5.13 Å². The van der Waals surface area contributed by atoms with Crippen molar-refractivity contribution in [3.63, 3.8) is 0 Å². The Hall–Kier alpha value is -1.06. The van der Waals surface area contributed by atoms with Gasteiger partial charge in [-0.2, -0.15) is 0 Å². The number of amides is 1. The molecule has 20 heavy (non-hydrogen) atoms. The Balaban J connectivity index is 2.93. The molecular weight excluding hydrogens is 300 g/mol. The molecule has 0 saturated heterocycles. The fraction of sp³-hybridized carbons (Fsp3) is 0.727. The van der Waals surface area contributed by atoms with Crippen molar-refractivity contribution in [1.29, 1.82) is 0 Å². The minimum absolute atomic E-state index is 0.146. The first-order valence-electron chi connectivity index (χ1n) is 6.27. The first-order valence-corrected chi connectivity index (χ1v) is 8.57. The van der Waals surface area contributed by atoms with Crippen molar-refractivity contribution in [2.24, 2.45) is 11.8 Å². The van der Waals surface area contributed by atoms with Crippen LogP contribution in [0, 0.1) is 11.8 Å². The molecule has 1 rings (SSSR count). The first kappa shape index (κ1) is 17.0. The van der Waals surface area contributed by atoms with Gasteiger partial charge in [0.25, 0.3) is 10.0 Å². The maximum atomic E-state index is 12.2. The van der Waals surface area contributed by atoms with E-state index in [2.05, 4.69) is 20.2 Å². The second kappa shape index (κ2) is 6.59. The standard InChI is InChI=1S/C11H20N4O3S2/c1-6(2)9(7(3)4)15-20(17,18)11-14-13-10(19-11)12-8(5)16/h6-7,9,15H,1-5H3,(H,12,13,16). The molecule has 0 saturated carbocycles. The zero-order valence-corrected chi connectivity index (χ0v) is 13.8. The molecule has 1 aromatic heterocycles. The molecule has 1 aromatic rings. The summed E-state index contributed by atoms with van der Waals surface area (Å²) in [7, 11) is -3.72. The largest absolute Gasteiger partial charge is 0.301 e. The van der Waals surface area contributed by atoms with Crippen molar-refractivity contribution in [2.45, 2.75) is 45.0 Å². The summed E-state index contributed by atoms with van der Waals surface area (Å²) in [6, 6.07) is -0.187. The Bertz CT molecular complexity index is 558. The molecule has 0 aromatic carbocycles. The van der Waals surface area contributed by atoms with Crippen molar-refractivity contribution in [3.05, 3.63) is 0 Å². The molecule has 0 aliphatic carbocycles. The fourth-order valence-electron chi connectivity index (χ4n) is 1.79. The first-order chi connectivity index (χ1) is 9.13. The van der Waals surface area contributed by atoms with E-state index in [-0.39, 0.29) is 33.3 Å². The highest BCUT2D eigenvalue weighted by atomic mass is 32.2. The van der Waals surface area contributed by atoms with Gasteiger partial charge in [0.2, 0.25) is 15.4 Å². The SMILES string of the molecule is CC(=O)Nc1nnc(S(=O)(=O)NC(C(C)C)C(C)C)s1. The lowest BCUT2D eigenvalue weighted by Crippen LogP contribution is -2.42. The van der Waals surface area contributed by atoms with Gasteiger partial charge in [0.15, 0.2) is 0 Å². The summed E-state index contributed by atoms with van der Waals surface area (Å²) in [6.07, 6.45) is 0. The van der Waals surface area contributed by atoms with Gasteiger partial charge in [-0.3, -0.25) is 4.79 Å². The van der Waals surface area contributed by atoms with Crippen LogP contribution in [0.25, 0.3) is 0 Å². The average Bonchev–Trinajstić information content (AvgIpc) is 2.73. The molecule has 1 heterocycles. The van der Waals surface area contributed by atoms with E-state index in [1.54, 1.807) is 0 Å². The van der Waals surface area contributed by atoms with E-state index < -0.39 is 10.0 Å². The highest BCUT2D eigenvalue weighted by Crippen LogP contribution is 2.22. The third-order valence-corrected chi connectivity index (χ3v) is 5.31. The number of rotatable bonds is 6. The van der Waals surface area contributed by atoms with Crippen LogP contribution in [0.2, 0.25) is 0 Å².